The summed E-state index contributed by atoms with van der Waals surface area (Å²) in [7, 11) is 0. The van der Waals surface area contributed by atoms with E-state index in [0.717, 1.165) is 12.8 Å². The van der Waals surface area contributed by atoms with Crippen LogP contribution in [0.15, 0.2) is 133 Å². The fourth-order valence-electron chi connectivity index (χ4n) is 7.41. The molecule has 0 bridgehead atoms. The molecule has 0 atom stereocenters. The van der Waals surface area contributed by atoms with Gasteiger partial charge in [0, 0.05) is 0 Å². The predicted molar refractivity (Wildman–Crippen MR) is 169 cm³/mol. The lowest BCUT2D eigenvalue weighted by Gasteiger charge is -2.18. The van der Waals surface area contributed by atoms with E-state index in [1.165, 1.54) is 88.3 Å². The van der Waals surface area contributed by atoms with Gasteiger partial charge in [-0.3, -0.25) is 0 Å². The Bertz CT molecular complexity index is 2090. The number of rotatable bonds is 2. The molecule has 0 spiro atoms. The van der Waals surface area contributed by atoms with Gasteiger partial charge < -0.3 is 0 Å². The van der Waals surface area contributed by atoms with E-state index in [9.17, 15) is 0 Å². The van der Waals surface area contributed by atoms with Gasteiger partial charge in [0.15, 0.2) is 0 Å². The molecule has 7 aromatic rings. The summed E-state index contributed by atoms with van der Waals surface area (Å²) in [6.45, 7) is 0. The number of hydrogen-bond acceptors (Lipinski definition) is 0. The molecule has 0 saturated carbocycles. The molecule has 0 fully saturated rings. The summed E-state index contributed by atoms with van der Waals surface area (Å²) in [4.78, 5) is 0. The fraction of sp³-hybridized carbons (Fsp3) is 0.0500. The molecule has 0 aromatic heterocycles. The highest BCUT2D eigenvalue weighted by molar-refractivity contribution is 6.21. The molecule has 2 aliphatic carbocycles. The van der Waals surface area contributed by atoms with Gasteiger partial charge in [-0.2, -0.15) is 0 Å². The Morgan fingerprint density at radius 3 is 1.48 bits per heavy atom. The zero-order chi connectivity index (χ0) is 26.2. The molecule has 0 amide bonds. The third-order valence-electron chi connectivity index (χ3n) is 9.16. The third kappa shape index (κ3) is 3.02. The van der Waals surface area contributed by atoms with Gasteiger partial charge in [-0.05, 0) is 107 Å². The second kappa shape index (κ2) is 8.28. The minimum atomic E-state index is 1.02. The molecule has 186 valence electrons. The number of fused-ring (bicyclic) bond motifs is 9. The van der Waals surface area contributed by atoms with Crippen molar-refractivity contribution >= 4 is 21.5 Å². The van der Waals surface area contributed by atoms with Crippen LogP contribution >= 0.6 is 0 Å². The van der Waals surface area contributed by atoms with Crippen LogP contribution < -0.4 is 0 Å². The summed E-state index contributed by atoms with van der Waals surface area (Å²) < 4.78 is 0. The number of benzene rings is 7. The highest BCUT2D eigenvalue weighted by Crippen LogP contribution is 2.49. The average molecular weight is 507 g/mol. The van der Waals surface area contributed by atoms with E-state index in [4.69, 9.17) is 0 Å². The Hall–Kier alpha value is -4.94. The van der Waals surface area contributed by atoms with Crippen LogP contribution in [-0.2, 0) is 12.8 Å². The zero-order valence-corrected chi connectivity index (χ0v) is 22.1. The van der Waals surface area contributed by atoms with Gasteiger partial charge in [0.25, 0.3) is 0 Å². The molecule has 0 saturated heterocycles. The Labute approximate surface area is 234 Å². The van der Waals surface area contributed by atoms with Gasteiger partial charge >= 0.3 is 0 Å². The molecule has 0 unspecified atom stereocenters. The lowest BCUT2D eigenvalue weighted by Crippen LogP contribution is -1.91. The largest absolute Gasteiger partial charge is 0.0622 e. The molecular formula is C40H26. The van der Waals surface area contributed by atoms with Crippen LogP contribution in [0, 0.1) is 0 Å². The Morgan fingerprint density at radius 1 is 0.325 bits per heavy atom. The Balaban J connectivity index is 1.28. The van der Waals surface area contributed by atoms with Gasteiger partial charge in [0.2, 0.25) is 0 Å². The monoisotopic (exact) mass is 506 g/mol. The molecule has 2 aliphatic rings. The normalized spacial score (nSPS) is 12.8. The van der Waals surface area contributed by atoms with Gasteiger partial charge in [-0.15, -0.1) is 0 Å². The first-order chi connectivity index (χ1) is 19.8. The first-order valence-corrected chi connectivity index (χ1v) is 14.2. The summed E-state index contributed by atoms with van der Waals surface area (Å²) >= 11 is 0. The van der Waals surface area contributed by atoms with E-state index in [-0.39, 0.29) is 0 Å². The van der Waals surface area contributed by atoms with E-state index >= 15 is 0 Å². The van der Waals surface area contributed by atoms with Crippen molar-refractivity contribution < 1.29 is 0 Å². The fourth-order valence-corrected chi connectivity index (χ4v) is 7.41. The maximum atomic E-state index is 2.46. The predicted octanol–water partition coefficient (Wildman–Crippen LogP) is 10.5. The standard InChI is InChI=1S/C40H26/c1-2-10-25(11-3-1)39-32-14-6-8-16-34(32)40(35-17-9-7-15-33(35)39)28-19-18-27-23-38-31(36(27)24-28)21-20-30-29-13-5-4-12-26(29)22-37(30)38/h1-21,24H,22-23H2. The van der Waals surface area contributed by atoms with Gasteiger partial charge in [-0.25, -0.2) is 0 Å². The van der Waals surface area contributed by atoms with Crippen LogP contribution in [0.4, 0.5) is 0 Å². The zero-order valence-electron chi connectivity index (χ0n) is 22.1. The molecule has 9 rings (SSSR count). The van der Waals surface area contributed by atoms with Crippen molar-refractivity contribution in [1.29, 1.82) is 0 Å². The molecule has 0 heterocycles. The van der Waals surface area contributed by atoms with Crippen molar-refractivity contribution in [2.24, 2.45) is 0 Å². The Kier molecular flexibility index (Phi) is 4.54. The van der Waals surface area contributed by atoms with Crippen molar-refractivity contribution in [1.82, 2.24) is 0 Å². The van der Waals surface area contributed by atoms with Gasteiger partial charge in [-0.1, -0.05) is 127 Å². The molecule has 0 aliphatic heterocycles. The lowest BCUT2D eigenvalue weighted by atomic mass is 9.85. The molecule has 0 nitrogen and oxygen atoms in total. The molecular weight excluding hydrogens is 480 g/mol. The topological polar surface area (TPSA) is 0 Å². The summed E-state index contributed by atoms with van der Waals surface area (Å²) in [5, 5.41) is 5.23. The quantitative estimate of drug-likeness (QED) is 0.205. The lowest BCUT2D eigenvalue weighted by molar-refractivity contribution is 1.16. The van der Waals surface area contributed by atoms with E-state index in [0.29, 0.717) is 0 Å². The number of hydrogen-bond donors (Lipinski definition) is 0. The van der Waals surface area contributed by atoms with Crippen LogP contribution in [0.25, 0.3) is 66.1 Å². The van der Waals surface area contributed by atoms with Crippen LogP contribution in [-0.4, -0.2) is 0 Å². The van der Waals surface area contributed by atoms with Crippen LogP contribution in [0.5, 0.6) is 0 Å². The highest BCUT2D eigenvalue weighted by atomic mass is 14.3. The summed E-state index contributed by atoms with van der Waals surface area (Å²) in [5.74, 6) is 0. The average Bonchev–Trinajstić information content (AvgIpc) is 3.58. The molecule has 0 radical (unpaired) electrons. The van der Waals surface area contributed by atoms with Crippen molar-refractivity contribution in [2.45, 2.75) is 12.8 Å². The maximum absolute atomic E-state index is 2.46. The first kappa shape index (κ1) is 21.9. The molecule has 0 N–H and O–H groups in total. The van der Waals surface area contributed by atoms with E-state index < -0.39 is 0 Å². The molecule has 7 aromatic carbocycles. The van der Waals surface area contributed by atoms with Crippen molar-refractivity contribution in [2.75, 3.05) is 0 Å². The van der Waals surface area contributed by atoms with Gasteiger partial charge in [0.05, 0.1) is 0 Å². The smallest absolute Gasteiger partial charge is 0.00104 e. The summed E-state index contributed by atoms with van der Waals surface area (Å²) in [5.41, 5.74) is 16.8. The minimum Gasteiger partial charge on any atom is -0.0622 e. The van der Waals surface area contributed by atoms with E-state index in [2.05, 4.69) is 133 Å². The second-order valence-corrected chi connectivity index (χ2v) is 11.2. The van der Waals surface area contributed by atoms with Gasteiger partial charge in [0.1, 0.15) is 0 Å². The minimum absolute atomic E-state index is 1.02. The SMILES string of the molecule is c1ccc(-c2c3ccccc3c(-c3ccc4c(c3)-c3ccc5c(c3C4)Cc3ccccc3-5)c3ccccc23)cc1. The third-order valence-corrected chi connectivity index (χ3v) is 9.16. The van der Waals surface area contributed by atoms with Crippen LogP contribution in [0.1, 0.15) is 22.3 Å². The maximum Gasteiger partial charge on any atom is -0.00104 e. The second-order valence-electron chi connectivity index (χ2n) is 11.2. The van der Waals surface area contributed by atoms with Crippen molar-refractivity contribution in [3.8, 4) is 44.5 Å². The molecule has 40 heavy (non-hydrogen) atoms. The Morgan fingerprint density at radius 2 is 0.825 bits per heavy atom. The summed E-state index contributed by atoms with van der Waals surface area (Å²) in [6.07, 6.45) is 2.07. The van der Waals surface area contributed by atoms with E-state index in [1.54, 1.807) is 0 Å². The molecule has 0 heteroatoms. The van der Waals surface area contributed by atoms with E-state index in [1.807, 2.05) is 0 Å². The summed E-state index contributed by atoms with van der Waals surface area (Å²) in [6, 6.07) is 49.6. The van der Waals surface area contributed by atoms with Crippen molar-refractivity contribution in [3.63, 3.8) is 0 Å². The van der Waals surface area contributed by atoms with Crippen molar-refractivity contribution in [3.05, 3.63) is 156 Å². The first-order valence-electron chi connectivity index (χ1n) is 14.2. The van der Waals surface area contributed by atoms with Crippen LogP contribution in [0.2, 0.25) is 0 Å². The van der Waals surface area contributed by atoms with Crippen LogP contribution in [0.3, 0.4) is 0 Å². The highest BCUT2D eigenvalue weighted by Gasteiger charge is 2.28.